The molecule has 0 fully saturated rings. The van der Waals surface area contributed by atoms with E-state index in [1.807, 2.05) is 42.5 Å². The van der Waals surface area contributed by atoms with E-state index in [1.54, 1.807) is 25.4 Å². The van der Waals surface area contributed by atoms with Crippen LogP contribution in [0.25, 0.3) is 33.5 Å². The first kappa shape index (κ1) is 19.2. The molecule has 7 nitrogen and oxygen atoms in total. The van der Waals surface area contributed by atoms with Gasteiger partial charge in [-0.2, -0.15) is 0 Å². The molecule has 160 valence electrons. The predicted octanol–water partition coefficient (Wildman–Crippen LogP) is 4.12. The summed E-state index contributed by atoms with van der Waals surface area (Å²) in [7, 11) is 0. The number of nitrogens with zero attached hydrogens (tertiary/aromatic N) is 2. The Morgan fingerprint density at radius 1 is 0.970 bits per heavy atom. The summed E-state index contributed by atoms with van der Waals surface area (Å²) in [4.78, 5) is 40.0. The van der Waals surface area contributed by atoms with Crippen molar-refractivity contribution in [1.29, 1.82) is 0 Å². The van der Waals surface area contributed by atoms with Gasteiger partial charge in [-0.1, -0.05) is 42.5 Å². The van der Waals surface area contributed by atoms with Crippen molar-refractivity contribution in [3.8, 4) is 22.5 Å². The second-order valence-corrected chi connectivity index (χ2v) is 8.16. The van der Waals surface area contributed by atoms with Crippen LogP contribution in [-0.4, -0.2) is 25.8 Å². The van der Waals surface area contributed by atoms with Crippen LogP contribution in [0.2, 0.25) is 0 Å². The highest BCUT2D eigenvalue weighted by Gasteiger charge is 2.32. The first-order valence-corrected chi connectivity index (χ1v) is 10.6. The van der Waals surface area contributed by atoms with E-state index in [0.717, 1.165) is 44.7 Å². The number of fused-ring (bicyclic) bond motifs is 4. The Hall–Kier alpha value is -4.52. The van der Waals surface area contributed by atoms with E-state index in [9.17, 15) is 9.59 Å². The highest BCUT2D eigenvalue weighted by Crippen LogP contribution is 2.47. The maximum Gasteiger partial charge on any atom is 0.252 e. The minimum atomic E-state index is -0.339. The van der Waals surface area contributed by atoms with E-state index in [0.29, 0.717) is 11.3 Å². The molecule has 0 saturated heterocycles. The lowest BCUT2D eigenvalue weighted by Gasteiger charge is -2.16. The lowest BCUT2D eigenvalue weighted by molar-refractivity contribution is 0.0943. The smallest absolute Gasteiger partial charge is 0.252 e. The Morgan fingerprint density at radius 2 is 1.79 bits per heavy atom. The molecule has 1 atom stereocenters. The maximum atomic E-state index is 13.1. The van der Waals surface area contributed by atoms with Crippen molar-refractivity contribution >= 4 is 16.9 Å². The van der Waals surface area contributed by atoms with Gasteiger partial charge < -0.3 is 15.3 Å². The summed E-state index contributed by atoms with van der Waals surface area (Å²) in [6.07, 6.45) is 3.48. The van der Waals surface area contributed by atoms with Gasteiger partial charge >= 0.3 is 0 Å². The van der Waals surface area contributed by atoms with Crippen molar-refractivity contribution in [2.24, 2.45) is 0 Å². The molecule has 7 heteroatoms. The van der Waals surface area contributed by atoms with Gasteiger partial charge in [0.1, 0.15) is 5.82 Å². The lowest BCUT2D eigenvalue weighted by atomic mass is 9.98. The molecule has 3 aromatic heterocycles. The van der Waals surface area contributed by atoms with Crippen LogP contribution >= 0.6 is 0 Å². The lowest BCUT2D eigenvalue weighted by Crippen LogP contribution is -2.29. The van der Waals surface area contributed by atoms with Crippen molar-refractivity contribution < 1.29 is 4.79 Å². The van der Waals surface area contributed by atoms with Crippen LogP contribution in [0.4, 0.5) is 0 Å². The molecule has 0 spiro atoms. The second-order valence-electron chi connectivity index (χ2n) is 8.16. The van der Waals surface area contributed by atoms with Crippen LogP contribution in [0.1, 0.15) is 33.2 Å². The molecule has 6 rings (SSSR count). The van der Waals surface area contributed by atoms with Crippen molar-refractivity contribution in [2.75, 3.05) is 0 Å². The number of pyridine rings is 2. The Bertz CT molecular complexity index is 1580. The van der Waals surface area contributed by atoms with Crippen LogP contribution in [-0.2, 0) is 0 Å². The second kappa shape index (κ2) is 7.27. The number of amides is 1. The van der Waals surface area contributed by atoms with E-state index >= 15 is 0 Å². The van der Waals surface area contributed by atoms with Gasteiger partial charge in [-0.25, -0.2) is 4.98 Å². The van der Waals surface area contributed by atoms with E-state index in [-0.39, 0.29) is 17.5 Å². The molecule has 1 aliphatic rings. The minimum Gasteiger partial charge on any atom is -0.341 e. The molecular formula is C26H19N5O2. The van der Waals surface area contributed by atoms with Gasteiger partial charge in [-0.05, 0) is 41.3 Å². The highest BCUT2D eigenvalue weighted by molar-refractivity contribution is 5.97. The van der Waals surface area contributed by atoms with Crippen molar-refractivity contribution in [2.45, 2.75) is 13.0 Å². The number of carbonyl (C=O) groups excluding carboxylic acids is 1. The number of hydrogen-bond acceptors (Lipinski definition) is 4. The molecule has 0 radical (unpaired) electrons. The van der Waals surface area contributed by atoms with Gasteiger partial charge in [-0.3, -0.25) is 14.6 Å². The molecular weight excluding hydrogens is 414 g/mol. The first-order chi connectivity index (χ1) is 16.1. The quantitative estimate of drug-likeness (QED) is 0.398. The van der Waals surface area contributed by atoms with Crippen LogP contribution in [0.15, 0.2) is 77.9 Å². The molecule has 2 aromatic carbocycles. The molecule has 1 amide bonds. The standard InChI is InChI=1S/C26H19N5O2/c1-14-11-15(12-22(32)28-14)26(33)31-24-17-6-3-2-5-16(17)23-18(24)7-4-8-19(23)25-29-20-9-10-27-13-21(20)30-25/h2-13,24H,1H3,(H,28,32)(H,29,30)(H,31,33)/t24-/m1/s1. The molecule has 1 aliphatic carbocycles. The maximum absolute atomic E-state index is 13.1. The summed E-state index contributed by atoms with van der Waals surface area (Å²) in [5.74, 6) is 0.457. The number of aromatic nitrogens is 4. The number of rotatable bonds is 3. The zero-order chi connectivity index (χ0) is 22.5. The SMILES string of the molecule is Cc1cc(C(=O)N[C@@H]2c3ccccc3-c3c(-c4nc5ccncc5[nH]4)cccc32)cc(=O)[nH]1. The third kappa shape index (κ3) is 3.13. The van der Waals surface area contributed by atoms with Crippen molar-refractivity contribution in [3.63, 3.8) is 0 Å². The summed E-state index contributed by atoms with van der Waals surface area (Å²) in [6, 6.07) is 18.6. The zero-order valence-electron chi connectivity index (χ0n) is 17.7. The van der Waals surface area contributed by atoms with Crippen LogP contribution in [0.3, 0.4) is 0 Å². The summed E-state index contributed by atoms with van der Waals surface area (Å²) in [6.45, 7) is 1.76. The molecule has 33 heavy (non-hydrogen) atoms. The highest BCUT2D eigenvalue weighted by atomic mass is 16.2. The number of nitrogens with one attached hydrogen (secondary N) is 3. The Labute approximate surface area is 188 Å². The monoisotopic (exact) mass is 433 g/mol. The largest absolute Gasteiger partial charge is 0.341 e. The minimum absolute atomic E-state index is 0.294. The van der Waals surface area contributed by atoms with E-state index in [1.165, 1.54) is 6.07 Å². The predicted molar refractivity (Wildman–Crippen MR) is 126 cm³/mol. The molecule has 5 aromatic rings. The Morgan fingerprint density at radius 3 is 2.64 bits per heavy atom. The summed E-state index contributed by atoms with van der Waals surface area (Å²) >= 11 is 0. The van der Waals surface area contributed by atoms with E-state index in [4.69, 9.17) is 4.98 Å². The molecule has 3 N–H and O–H groups in total. The number of imidazole rings is 1. The summed E-state index contributed by atoms with van der Waals surface area (Å²) in [5.41, 5.74) is 7.43. The molecule has 0 aliphatic heterocycles. The number of aromatic amines is 2. The third-order valence-electron chi connectivity index (χ3n) is 6.00. The van der Waals surface area contributed by atoms with Crippen LogP contribution < -0.4 is 10.9 Å². The fraction of sp³-hybridized carbons (Fsp3) is 0.0769. The molecule has 0 saturated carbocycles. The van der Waals surface area contributed by atoms with Gasteiger partial charge in [0.15, 0.2) is 0 Å². The normalized spacial score (nSPS) is 14.2. The van der Waals surface area contributed by atoms with Crippen LogP contribution in [0.5, 0.6) is 0 Å². The third-order valence-corrected chi connectivity index (χ3v) is 6.00. The van der Waals surface area contributed by atoms with Gasteiger partial charge in [0.05, 0.1) is 23.3 Å². The summed E-state index contributed by atoms with van der Waals surface area (Å²) < 4.78 is 0. The zero-order valence-corrected chi connectivity index (χ0v) is 17.7. The Balaban J connectivity index is 1.48. The number of aryl methyl sites for hydroxylation is 1. The van der Waals surface area contributed by atoms with Crippen LogP contribution in [0, 0.1) is 6.92 Å². The number of benzene rings is 2. The van der Waals surface area contributed by atoms with E-state index < -0.39 is 0 Å². The van der Waals surface area contributed by atoms with E-state index in [2.05, 4.69) is 26.3 Å². The average Bonchev–Trinajstić information content (AvgIpc) is 3.38. The van der Waals surface area contributed by atoms with Gasteiger partial charge in [0.2, 0.25) is 5.56 Å². The Kier molecular flexibility index (Phi) is 4.23. The van der Waals surface area contributed by atoms with Crippen molar-refractivity contribution in [3.05, 3.63) is 106 Å². The van der Waals surface area contributed by atoms with Gasteiger partial charge in [-0.15, -0.1) is 0 Å². The number of H-pyrrole nitrogens is 2. The molecule has 0 unspecified atom stereocenters. The molecule has 0 bridgehead atoms. The van der Waals surface area contributed by atoms with Gasteiger partial charge in [0, 0.05) is 29.1 Å². The number of carbonyl (C=O) groups is 1. The topological polar surface area (TPSA) is 104 Å². The fourth-order valence-electron chi connectivity index (χ4n) is 4.62. The number of hydrogen-bond donors (Lipinski definition) is 3. The molecule has 3 heterocycles. The summed E-state index contributed by atoms with van der Waals surface area (Å²) in [5, 5.41) is 3.13. The average molecular weight is 433 g/mol. The van der Waals surface area contributed by atoms with Crippen molar-refractivity contribution in [1.82, 2.24) is 25.3 Å². The van der Waals surface area contributed by atoms with Gasteiger partial charge in [0.25, 0.3) is 5.91 Å². The first-order valence-electron chi connectivity index (χ1n) is 10.6. The fourth-order valence-corrected chi connectivity index (χ4v) is 4.62.